The molecule has 4 heteroatoms. The molecule has 1 amide bonds. The Labute approximate surface area is 92.2 Å². The molecular weight excluding hydrogens is 192 g/mol. The average Bonchev–Trinajstić information content (AvgIpc) is 2.14. The predicted octanol–water partition coefficient (Wildman–Crippen LogP) is 0.637. The van der Waals surface area contributed by atoms with Crippen LogP contribution in [0.1, 0.15) is 40.5 Å². The Bertz CT molecular complexity index is 199. The summed E-state index contributed by atoms with van der Waals surface area (Å²) in [7, 11) is 0. The molecule has 0 saturated heterocycles. The molecule has 0 aliphatic rings. The highest BCUT2D eigenvalue weighted by Crippen LogP contribution is 2.17. The molecule has 1 unspecified atom stereocenters. The number of hydrogen-bond acceptors (Lipinski definition) is 3. The third-order valence-corrected chi connectivity index (χ3v) is 2.53. The molecule has 0 fully saturated rings. The summed E-state index contributed by atoms with van der Waals surface area (Å²) < 4.78 is 0. The molecule has 4 nitrogen and oxygen atoms in total. The molecule has 0 aromatic carbocycles. The normalized spacial score (nSPS) is 15.9. The number of aliphatic hydroxyl groups excluding tert-OH is 1. The minimum atomic E-state index is -0.509. The largest absolute Gasteiger partial charge is 0.396 e. The van der Waals surface area contributed by atoms with E-state index in [0.717, 1.165) is 6.42 Å². The zero-order chi connectivity index (χ0) is 12.1. The van der Waals surface area contributed by atoms with E-state index in [1.54, 1.807) is 0 Å². The average molecular weight is 216 g/mol. The molecule has 0 aliphatic heterocycles. The summed E-state index contributed by atoms with van der Waals surface area (Å²) in [5.74, 6) is -0.136. The maximum absolute atomic E-state index is 11.7. The first-order chi connectivity index (χ1) is 6.82. The summed E-state index contributed by atoms with van der Waals surface area (Å²) in [5, 5.41) is 11.6. The molecule has 0 aromatic heterocycles. The first kappa shape index (κ1) is 14.4. The van der Waals surface area contributed by atoms with Crippen LogP contribution in [0.3, 0.4) is 0 Å². The summed E-state index contributed by atoms with van der Waals surface area (Å²) in [6, 6.07) is -0.485. The van der Waals surface area contributed by atoms with E-state index in [1.807, 2.05) is 27.7 Å². The van der Waals surface area contributed by atoms with Crippen molar-refractivity contribution in [2.45, 2.75) is 52.6 Å². The fourth-order valence-electron chi connectivity index (χ4n) is 1.22. The van der Waals surface area contributed by atoms with Gasteiger partial charge in [-0.15, -0.1) is 0 Å². The standard InChI is InChI=1S/C11H24N2O2/c1-5-8(6-7-14)13-10(15)9(12)11(2,3)4/h8-9,14H,5-7,12H2,1-4H3,(H,13,15)/t8?,9-/m1/s1. The number of amides is 1. The molecule has 0 rings (SSSR count). The Balaban J connectivity index is 4.22. The third kappa shape index (κ3) is 5.14. The lowest BCUT2D eigenvalue weighted by Crippen LogP contribution is -2.51. The molecule has 0 saturated carbocycles. The maximum Gasteiger partial charge on any atom is 0.237 e. The van der Waals surface area contributed by atoms with Crippen LogP contribution in [0.5, 0.6) is 0 Å². The smallest absolute Gasteiger partial charge is 0.237 e. The molecule has 0 aromatic rings. The van der Waals surface area contributed by atoms with E-state index < -0.39 is 6.04 Å². The summed E-state index contributed by atoms with van der Waals surface area (Å²) in [5.41, 5.74) is 5.58. The van der Waals surface area contributed by atoms with Crippen LogP contribution in [-0.2, 0) is 4.79 Å². The van der Waals surface area contributed by atoms with Gasteiger partial charge in [0.1, 0.15) is 0 Å². The lowest BCUT2D eigenvalue weighted by Gasteiger charge is -2.27. The molecule has 90 valence electrons. The van der Waals surface area contributed by atoms with Crippen molar-refractivity contribution in [1.29, 1.82) is 0 Å². The second-order valence-electron chi connectivity index (χ2n) is 4.97. The van der Waals surface area contributed by atoms with E-state index in [1.165, 1.54) is 0 Å². The molecule has 0 aliphatic carbocycles. The van der Waals surface area contributed by atoms with Crippen molar-refractivity contribution in [2.75, 3.05) is 6.61 Å². The van der Waals surface area contributed by atoms with E-state index in [2.05, 4.69) is 5.32 Å². The molecule has 0 heterocycles. The van der Waals surface area contributed by atoms with Gasteiger partial charge >= 0.3 is 0 Å². The highest BCUT2D eigenvalue weighted by atomic mass is 16.3. The summed E-state index contributed by atoms with van der Waals surface area (Å²) in [4.78, 5) is 11.7. The molecule has 2 atom stereocenters. The number of carbonyl (C=O) groups excluding carboxylic acids is 1. The van der Waals surface area contributed by atoms with E-state index in [9.17, 15) is 4.79 Å². The van der Waals surface area contributed by atoms with Crippen LogP contribution < -0.4 is 11.1 Å². The Morgan fingerprint density at radius 1 is 1.47 bits per heavy atom. The molecule has 15 heavy (non-hydrogen) atoms. The van der Waals surface area contributed by atoms with E-state index in [4.69, 9.17) is 10.8 Å². The summed E-state index contributed by atoms with van der Waals surface area (Å²) >= 11 is 0. The van der Waals surface area contributed by atoms with Crippen LogP contribution >= 0.6 is 0 Å². The molecule has 0 bridgehead atoms. The minimum absolute atomic E-state index is 0.0240. The van der Waals surface area contributed by atoms with Crippen molar-refractivity contribution in [3.63, 3.8) is 0 Å². The van der Waals surface area contributed by atoms with Gasteiger partial charge in [0.05, 0.1) is 6.04 Å². The van der Waals surface area contributed by atoms with Crippen LogP contribution in [0.25, 0.3) is 0 Å². The lowest BCUT2D eigenvalue weighted by atomic mass is 9.86. The highest BCUT2D eigenvalue weighted by Gasteiger charge is 2.28. The van der Waals surface area contributed by atoms with Gasteiger partial charge in [-0.25, -0.2) is 0 Å². The summed E-state index contributed by atoms with van der Waals surface area (Å²) in [6.07, 6.45) is 1.39. The number of nitrogens with one attached hydrogen (secondary N) is 1. The third-order valence-electron chi connectivity index (χ3n) is 2.53. The van der Waals surface area contributed by atoms with Crippen molar-refractivity contribution in [3.8, 4) is 0 Å². The highest BCUT2D eigenvalue weighted by molar-refractivity contribution is 5.82. The number of aliphatic hydroxyl groups is 1. The van der Waals surface area contributed by atoms with Gasteiger partial charge in [0.15, 0.2) is 0 Å². The predicted molar refractivity (Wildman–Crippen MR) is 61.4 cm³/mol. The monoisotopic (exact) mass is 216 g/mol. The first-order valence-corrected chi connectivity index (χ1v) is 5.49. The molecule has 0 radical (unpaired) electrons. The van der Waals surface area contributed by atoms with Gasteiger partial charge < -0.3 is 16.2 Å². The van der Waals surface area contributed by atoms with Gasteiger partial charge in [0.25, 0.3) is 0 Å². The van der Waals surface area contributed by atoms with Crippen molar-refractivity contribution in [1.82, 2.24) is 5.32 Å². The Morgan fingerprint density at radius 3 is 2.33 bits per heavy atom. The van der Waals surface area contributed by atoms with Crippen molar-refractivity contribution < 1.29 is 9.90 Å². The number of nitrogens with two attached hydrogens (primary N) is 1. The Kier molecular flexibility index (Phi) is 5.83. The van der Waals surface area contributed by atoms with Gasteiger partial charge in [-0.05, 0) is 18.3 Å². The topological polar surface area (TPSA) is 75.3 Å². The van der Waals surface area contributed by atoms with Crippen molar-refractivity contribution in [2.24, 2.45) is 11.1 Å². The zero-order valence-electron chi connectivity index (χ0n) is 10.2. The Hall–Kier alpha value is -0.610. The van der Waals surface area contributed by atoms with Gasteiger partial charge in [-0.3, -0.25) is 4.79 Å². The number of carbonyl (C=O) groups is 1. The summed E-state index contributed by atoms with van der Waals surface area (Å²) in [6.45, 7) is 7.87. The zero-order valence-corrected chi connectivity index (χ0v) is 10.2. The number of rotatable bonds is 5. The second-order valence-corrected chi connectivity index (χ2v) is 4.97. The van der Waals surface area contributed by atoms with Crippen LogP contribution in [-0.4, -0.2) is 29.7 Å². The quantitative estimate of drug-likeness (QED) is 0.631. The SMILES string of the molecule is CCC(CCO)NC(=O)[C@@H](N)C(C)(C)C. The van der Waals surface area contributed by atoms with Gasteiger partial charge in [0, 0.05) is 12.6 Å². The van der Waals surface area contributed by atoms with Gasteiger partial charge in [-0.2, -0.15) is 0 Å². The molecular formula is C11H24N2O2. The van der Waals surface area contributed by atoms with E-state index >= 15 is 0 Å². The minimum Gasteiger partial charge on any atom is -0.396 e. The first-order valence-electron chi connectivity index (χ1n) is 5.49. The van der Waals surface area contributed by atoms with E-state index in [0.29, 0.717) is 6.42 Å². The van der Waals surface area contributed by atoms with Crippen LogP contribution in [0.4, 0.5) is 0 Å². The molecule has 0 spiro atoms. The van der Waals surface area contributed by atoms with Crippen LogP contribution in [0, 0.1) is 5.41 Å². The van der Waals surface area contributed by atoms with Crippen LogP contribution in [0.2, 0.25) is 0 Å². The maximum atomic E-state index is 11.7. The lowest BCUT2D eigenvalue weighted by molar-refractivity contribution is -0.125. The van der Waals surface area contributed by atoms with Gasteiger partial charge in [-0.1, -0.05) is 27.7 Å². The Morgan fingerprint density at radius 2 is 2.00 bits per heavy atom. The number of hydrogen-bond donors (Lipinski definition) is 3. The second kappa shape index (κ2) is 6.08. The fourth-order valence-corrected chi connectivity index (χ4v) is 1.22. The van der Waals surface area contributed by atoms with E-state index in [-0.39, 0.29) is 24.0 Å². The van der Waals surface area contributed by atoms with Gasteiger partial charge in [0.2, 0.25) is 5.91 Å². The fraction of sp³-hybridized carbons (Fsp3) is 0.909. The van der Waals surface area contributed by atoms with Crippen LogP contribution in [0.15, 0.2) is 0 Å². The molecule has 4 N–H and O–H groups in total. The van der Waals surface area contributed by atoms with Crippen molar-refractivity contribution >= 4 is 5.91 Å². The van der Waals surface area contributed by atoms with Crippen molar-refractivity contribution in [3.05, 3.63) is 0 Å².